The fourth-order valence-electron chi connectivity index (χ4n) is 2.24. The smallest absolute Gasteiger partial charge is 0.251 e. The molecule has 21 heavy (non-hydrogen) atoms. The number of hydrogen-bond donors (Lipinski definition) is 1. The predicted octanol–water partition coefficient (Wildman–Crippen LogP) is 2.56. The highest BCUT2D eigenvalue weighted by Crippen LogP contribution is 2.17. The molecule has 0 spiro atoms. The second kappa shape index (κ2) is 6.71. The van der Waals surface area contributed by atoms with Crippen LogP contribution in [0.2, 0.25) is 0 Å². The summed E-state index contributed by atoms with van der Waals surface area (Å²) in [6.45, 7) is 2.07. The van der Waals surface area contributed by atoms with Crippen LogP contribution in [0.15, 0.2) is 36.7 Å². The summed E-state index contributed by atoms with van der Waals surface area (Å²) in [5.74, 6) is 0.648. The maximum atomic E-state index is 12.3. The van der Waals surface area contributed by atoms with Gasteiger partial charge in [0.1, 0.15) is 5.82 Å². The first-order chi connectivity index (χ1) is 10.2. The van der Waals surface area contributed by atoms with Crippen LogP contribution in [0.4, 0.5) is 0 Å². The van der Waals surface area contributed by atoms with Gasteiger partial charge in [0.05, 0.1) is 17.7 Å². The van der Waals surface area contributed by atoms with Crippen LogP contribution < -0.4 is 5.32 Å². The first kappa shape index (κ1) is 14.8. The highest BCUT2D eigenvalue weighted by molar-refractivity contribution is 5.94. The van der Waals surface area contributed by atoms with E-state index in [4.69, 9.17) is 5.26 Å². The van der Waals surface area contributed by atoms with Crippen molar-refractivity contribution < 1.29 is 4.79 Å². The number of hydrogen-bond acceptors (Lipinski definition) is 3. The van der Waals surface area contributed by atoms with Crippen LogP contribution in [0, 0.1) is 11.3 Å². The van der Waals surface area contributed by atoms with Crippen molar-refractivity contribution in [2.75, 3.05) is 0 Å². The number of carbonyl (C=O) groups excluding carboxylic acids is 1. The third-order valence-electron chi connectivity index (χ3n) is 3.31. The Morgan fingerprint density at radius 1 is 1.52 bits per heavy atom. The standard InChI is InChI=1S/C16H18N4O/c1-3-5-14(15-18-8-9-20(15)2)19-16(21)13-7-4-6-12(10-13)11-17/h4,6-10,14H,3,5H2,1-2H3,(H,19,21). The molecule has 0 radical (unpaired) electrons. The topological polar surface area (TPSA) is 70.7 Å². The molecule has 0 saturated carbocycles. The zero-order chi connectivity index (χ0) is 15.2. The second-order valence-electron chi connectivity index (χ2n) is 4.90. The molecule has 1 unspecified atom stereocenters. The molecule has 0 aliphatic rings. The van der Waals surface area contributed by atoms with Gasteiger partial charge < -0.3 is 9.88 Å². The fourth-order valence-corrected chi connectivity index (χ4v) is 2.24. The van der Waals surface area contributed by atoms with Gasteiger partial charge in [-0.25, -0.2) is 4.98 Å². The molecule has 5 heteroatoms. The Hall–Kier alpha value is -2.61. The third kappa shape index (κ3) is 3.48. The number of nitriles is 1. The molecule has 2 rings (SSSR count). The first-order valence-electron chi connectivity index (χ1n) is 6.94. The lowest BCUT2D eigenvalue weighted by Gasteiger charge is -2.18. The van der Waals surface area contributed by atoms with Crippen molar-refractivity contribution >= 4 is 5.91 Å². The molecule has 0 bridgehead atoms. The second-order valence-corrected chi connectivity index (χ2v) is 4.90. The van der Waals surface area contributed by atoms with Gasteiger partial charge in [0.15, 0.2) is 0 Å². The van der Waals surface area contributed by atoms with Gasteiger partial charge in [0.25, 0.3) is 5.91 Å². The summed E-state index contributed by atoms with van der Waals surface area (Å²) >= 11 is 0. The minimum atomic E-state index is -0.187. The Morgan fingerprint density at radius 3 is 2.95 bits per heavy atom. The summed E-state index contributed by atoms with van der Waals surface area (Å²) in [6, 6.07) is 8.60. The van der Waals surface area contributed by atoms with Gasteiger partial charge >= 0.3 is 0 Å². The molecule has 0 aliphatic carbocycles. The minimum Gasteiger partial charge on any atom is -0.342 e. The number of carbonyl (C=O) groups is 1. The SMILES string of the molecule is CCCC(NC(=O)c1cccc(C#N)c1)c1nccn1C. The van der Waals surface area contributed by atoms with Crippen molar-refractivity contribution in [1.82, 2.24) is 14.9 Å². The van der Waals surface area contributed by atoms with E-state index >= 15 is 0 Å². The number of aryl methyl sites for hydroxylation is 1. The van der Waals surface area contributed by atoms with Gasteiger partial charge in [0.2, 0.25) is 0 Å². The summed E-state index contributed by atoms with van der Waals surface area (Å²) in [5.41, 5.74) is 0.969. The molecule has 1 aromatic heterocycles. The quantitative estimate of drug-likeness (QED) is 0.916. The zero-order valence-electron chi connectivity index (χ0n) is 12.2. The van der Waals surface area contributed by atoms with Crippen LogP contribution >= 0.6 is 0 Å². The molecular weight excluding hydrogens is 264 g/mol. The van der Waals surface area contributed by atoms with Gasteiger partial charge in [-0.05, 0) is 24.6 Å². The predicted molar refractivity (Wildman–Crippen MR) is 79.5 cm³/mol. The highest BCUT2D eigenvalue weighted by atomic mass is 16.1. The largest absolute Gasteiger partial charge is 0.342 e. The number of nitrogens with one attached hydrogen (secondary N) is 1. The van der Waals surface area contributed by atoms with E-state index in [9.17, 15) is 4.79 Å². The lowest BCUT2D eigenvalue weighted by atomic mass is 10.1. The Morgan fingerprint density at radius 2 is 2.33 bits per heavy atom. The van der Waals surface area contributed by atoms with E-state index in [-0.39, 0.29) is 11.9 Å². The van der Waals surface area contributed by atoms with E-state index in [0.717, 1.165) is 18.7 Å². The Balaban J connectivity index is 2.19. The van der Waals surface area contributed by atoms with Crippen molar-refractivity contribution in [3.05, 3.63) is 53.6 Å². The van der Waals surface area contributed by atoms with E-state index in [0.29, 0.717) is 11.1 Å². The third-order valence-corrected chi connectivity index (χ3v) is 3.31. The van der Waals surface area contributed by atoms with Gasteiger partial charge in [-0.3, -0.25) is 4.79 Å². The van der Waals surface area contributed by atoms with Gasteiger partial charge in [-0.1, -0.05) is 19.4 Å². The van der Waals surface area contributed by atoms with Crippen LogP contribution in [0.25, 0.3) is 0 Å². The molecule has 0 saturated heterocycles. The summed E-state index contributed by atoms with van der Waals surface area (Å²) < 4.78 is 1.91. The Labute approximate surface area is 124 Å². The fraction of sp³-hybridized carbons (Fsp3) is 0.312. The van der Waals surface area contributed by atoms with Crippen LogP contribution in [-0.2, 0) is 7.05 Å². The van der Waals surface area contributed by atoms with Crippen molar-refractivity contribution in [3.8, 4) is 6.07 Å². The van der Waals surface area contributed by atoms with Crippen LogP contribution in [0.3, 0.4) is 0 Å². The van der Waals surface area contributed by atoms with Gasteiger partial charge in [-0.15, -0.1) is 0 Å². The summed E-state index contributed by atoms with van der Waals surface area (Å²) in [6.07, 6.45) is 5.34. The van der Waals surface area contributed by atoms with Gasteiger partial charge in [-0.2, -0.15) is 5.26 Å². The van der Waals surface area contributed by atoms with Crippen LogP contribution in [0.1, 0.15) is 47.6 Å². The molecule has 1 atom stereocenters. The molecule has 1 amide bonds. The number of imidazole rings is 1. The van der Waals surface area contributed by atoms with Crippen LogP contribution in [0.5, 0.6) is 0 Å². The lowest BCUT2D eigenvalue weighted by molar-refractivity contribution is 0.0932. The Kier molecular flexibility index (Phi) is 4.72. The number of nitrogens with zero attached hydrogens (tertiary/aromatic N) is 3. The first-order valence-corrected chi connectivity index (χ1v) is 6.94. The summed E-state index contributed by atoms with van der Waals surface area (Å²) in [7, 11) is 1.91. The maximum absolute atomic E-state index is 12.3. The number of amides is 1. The van der Waals surface area contributed by atoms with E-state index in [2.05, 4.69) is 17.2 Å². The van der Waals surface area contributed by atoms with Crippen molar-refractivity contribution in [2.45, 2.75) is 25.8 Å². The molecular formula is C16H18N4O. The number of aromatic nitrogens is 2. The van der Waals surface area contributed by atoms with E-state index < -0.39 is 0 Å². The van der Waals surface area contributed by atoms with E-state index in [1.807, 2.05) is 23.9 Å². The summed E-state index contributed by atoms with van der Waals surface area (Å²) in [4.78, 5) is 16.7. The monoisotopic (exact) mass is 282 g/mol. The molecule has 0 aliphatic heterocycles. The molecule has 108 valence electrons. The molecule has 1 aromatic carbocycles. The molecule has 2 aromatic rings. The highest BCUT2D eigenvalue weighted by Gasteiger charge is 2.18. The Bertz CT molecular complexity index is 669. The average molecular weight is 282 g/mol. The van der Waals surface area contributed by atoms with Crippen molar-refractivity contribution in [3.63, 3.8) is 0 Å². The van der Waals surface area contributed by atoms with Crippen LogP contribution in [-0.4, -0.2) is 15.5 Å². The summed E-state index contributed by atoms with van der Waals surface area (Å²) in [5, 5.41) is 11.9. The number of benzene rings is 1. The van der Waals surface area contributed by atoms with Crippen molar-refractivity contribution in [2.24, 2.45) is 7.05 Å². The minimum absolute atomic E-state index is 0.131. The average Bonchev–Trinajstić information content (AvgIpc) is 2.93. The molecule has 0 fully saturated rings. The van der Waals surface area contributed by atoms with E-state index in [1.54, 1.807) is 30.5 Å². The normalized spacial score (nSPS) is 11.7. The van der Waals surface area contributed by atoms with Crippen molar-refractivity contribution in [1.29, 1.82) is 5.26 Å². The molecule has 1 heterocycles. The number of rotatable bonds is 5. The van der Waals surface area contributed by atoms with Gasteiger partial charge in [0, 0.05) is 25.0 Å². The van der Waals surface area contributed by atoms with E-state index in [1.165, 1.54) is 0 Å². The lowest BCUT2D eigenvalue weighted by Crippen LogP contribution is -2.30. The zero-order valence-corrected chi connectivity index (χ0v) is 12.2. The maximum Gasteiger partial charge on any atom is 0.251 e. The molecule has 5 nitrogen and oxygen atoms in total. The molecule has 1 N–H and O–H groups in total.